The summed E-state index contributed by atoms with van der Waals surface area (Å²) < 4.78 is 32.5. The summed E-state index contributed by atoms with van der Waals surface area (Å²) >= 11 is 0. The molecule has 13 nitrogen and oxygen atoms in total. The molecule has 0 spiro atoms. The van der Waals surface area contributed by atoms with E-state index in [1.54, 1.807) is 12.2 Å². The number of Topliss-reactive ketones (excluding diaryl/α,β-unsaturated/α-hetero) is 1. The summed E-state index contributed by atoms with van der Waals surface area (Å²) in [4.78, 5) is 47.4. The minimum Gasteiger partial charge on any atom is -0.462 e. The molecule has 1 aliphatic rings. The molecule has 0 aromatic heterocycles. The van der Waals surface area contributed by atoms with Gasteiger partial charge in [-0.3, -0.25) is 23.4 Å². The van der Waals surface area contributed by atoms with E-state index in [1.165, 1.54) is 19.3 Å². The van der Waals surface area contributed by atoms with Crippen LogP contribution in [-0.2, 0) is 37.5 Å². The number of hydrogen-bond donors (Lipinski definition) is 5. The van der Waals surface area contributed by atoms with Crippen LogP contribution in [0.4, 0.5) is 0 Å². The van der Waals surface area contributed by atoms with E-state index in [9.17, 15) is 39.2 Å². The Balaban J connectivity index is 2.57. The van der Waals surface area contributed by atoms with E-state index in [0.29, 0.717) is 38.0 Å². The van der Waals surface area contributed by atoms with Crippen molar-refractivity contribution in [1.82, 2.24) is 0 Å². The second-order valence-corrected chi connectivity index (χ2v) is 15.7. The summed E-state index contributed by atoms with van der Waals surface area (Å²) in [5, 5.41) is 38.9. The third-order valence-electron chi connectivity index (χ3n) is 8.91. The monoisotopic (exact) mass is 762 g/mol. The van der Waals surface area contributed by atoms with E-state index in [2.05, 4.69) is 25.3 Å². The zero-order chi connectivity index (χ0) is 38.8. The van der Waals surface area contributed by atoms with Gasteiger partial charge < -0.3 is 34.8 Å². The van der Waals surface area contributed by atoms with Crippen molar-refractivity contribution in [2.75, 3.05) is 26.4 Å². The van der Waals surface area contributed by atoms with Crippen molar-refractivity contribution in [2.45, 2.75) is 154 Å². The van der Waals surface area contributed by atoms with Gasteiger partial charge >= 0.3 is 19.8 Å². The van der Waals surface area contributed by atoms with Crippen molar-refractivity contribution in [2.24, 2.45) is 17.8 Å². The second-order valence-electron chi connectivity index (χ2n) is 14.2. The number of allylic oxidation sites excluding steroid dienone is 2. The van der Waals surface area contributed by atoms with E-state index in [1.807, 2.05) is 12.2 Å². The summed E-state index contributed by atoms with van der Waals surface area (Å²) in [6, 6.07) is 0. The van der Waals surface area contributed by atoms with Crippen molar-refractivity contribution >= 4 is 25.5 Å². The largest absolute Gasteiger partial charge is 0.472 e. The number of rotatable bonds is 31. The van der Waals surface area contributed by atoms with Crippen molar-refractivity contribution in [3.8, 4) is 0 Å². The number of esters is 2. The summed E-state index contributed by atoms with van der Waals surface area (Å²) in [5.74, 6) is -1.23. The number of ketones is 1. The molecular weight excluding hydrogens is 695 g/mol. The maximum Gasteiger partial charge on any atom is 0.472 e. The third kappa shape index (κ3) is 23.7. The summed E-state index contributed by atoms with van der Waals surface area (Å²) in [6.07, 6.45) is 15.6. The average Bonchev–Trinajstić information content (AvgIpc) is 3.37. The van der Waals surface area contributed by atoms with Gasteiger partial charge in [-0.2, -0.15) is 0 Å². The zero-order valence-electron chi connectivity index (χ0n) is 31.6. The van der Waals surface area contributed by atoms with E-state index in [4.69, 9.17) is 19.1 Å². The van der Waals surface area contributed by atoms with Crippen LogP contribution in [-0.4, -0.2) is 93.9 Å². The highest BCUT2D eigenvalue weighted by molar-refractivity contribution is 7.47. The normalized spacial score (nSPS) is 20.8. The van der Waals surface area contributed by atoms with Gasteiger partial charge in [0.25, 0.3) is 0 Å². The van der Waals surface area contributed by atoms with Gasteiger partial charge in [-0.05, 0) is 38.0 Å². The molecule has 0 bridgehead atoms. The molecule has 0 aromatic carbocycles. The van der Waals surface area contributed by atoms with Crippen LogP contribution >= 0.6 is 7.82 Å². The fourth-order valence-corrected chi connectivity index (χ4v) is 6.59. The summed E-state index contributed by atoms with van der Waals surface area (Å²) in [6.45, 7) is 4.14. The molecule has 0 amide bonds. The number of aliphatic hydroxyl groups is 4. The van der Waals surface area contributed by atoms with Crippen LogP contribution in [0.3, 0.4) is 0 Å². The predicted octanol–water partition coefficient (Wildman–Crippen LogP) is 5.89. The number of carbonyl (C=O) groups excluding carboxylic acids is 3. The molecule has 1 saturated carbocycles. The highest BCUT2D eigenvalue weighted by atomic mass is 31.2. The number of aliphatic hydroxyl groups excluding tert-OH is 4. The first kappa shape index (κ1) is 48.1. The standard InChI is InChI=1S/C38H67O13P/c1-4-5-12-18-30(40)22-23-34-33(35(42)24-36(34)43)19-14-10-11-16-21-38(45)51-32(28-50-52(46,47)49-26-31(41)25-39)27-48-37(44)20-15-9-7-6-8-13-17-29(2)3/h10,14,22-23,29-34,36,39-41,43H,4-9,11-13,15-21,24-28H2,1-3H3,(H,46,47)/b14-10-,23-22+/t30-,31-,32+,33+,34+,36+/m0/s1. The minimum atomic E-state index is -4.68. The minimum absolute atomic E-state index is 0.00963. The van der Waals surface area contributed by atoms with Gasteiger partial charge in [0, 0.05) is 31.1 Å². The van der Waals surface area contributed by atoms with Crippen LogP contribution in [0.5, 0.6) is 0 Å². The number of phosphoric acid groups is 1. The number of hydrogen-bond acceptors (Lipinski definition) is 12. The molecule has 0 saturated heterocycles. The molecule has 0 heterocycles. The molecule has 0 aromatic rings. The molecule has 1 fully saturated rings. The Morgan fingerprint density at radius 2 is 1.54 bits per heavy atom. The Morgan fingerprint density at radius 3 is 2.23 bits per heavy atom. The highest BCUT2D eigenvalue weighted by Gasteiger charge is 2.39. The van der Waals surface area contributed by atoms with Crippen LogP contribution in [0, 0.1) is 17.8 Å². The molecule has 0 radical (unpaired) electrons. The Hall–Kier alpha value is -1.96. The Bertz CT molecular complexity index is 1090. The van der Waals surface area contributed by atoms with Gasteiger partial charge in [0.2, 0.25) is 0 Å². The first-order valence-corrected chi connectivity index (χ1v) is 20.7. The fraction of sp³-hybridized carbons (Fsp3) is 0.816. The van der Waals surface area contributed by atoms with Crippen LogP contribution in [0.2, 0.25) is 0 Å². The van der Waals surface area contributed by atoms with Gasteiger partial charge in [0.1, 0.15) is 18.5 Å². The SMILES string of the molecule is CCCCC[C@H](O)/C=C/[C@H]1[C@H](O)CC(=O)[C@@H]1C/C=C\CCCC(=O)O[C@H](COC(=O)CCCCCCCCC(C)C)COP(=O)(O)OC[C@@H](O)CO. The van der Waals surface area contributed by atoms with E-state index >= 15 is 0 Å². The van der Waals surface area contributed by atoms with Crippen LogP contribution in [0.1, 0.15) is 130 Å². The molecule has 1 unspecified atom stereocenters. The molecule has 1 aliphatic carbocycles. The Morgan fingerprint density at radius 1 is 0.885 bits per heavy atom. The van der Waals surface area contributed by atoms with Gasteiger partial charge in [-0.15, -0.1) is 0 Å². The molecule has 52 heavy (non-hydrogen) atoms. The smallest absolute Gasteiger partial charge is 0.462 e. The summed E-state index contributed by atoms with van der Waals surface area (Å²) in [5.41, 5.74) is 0. The molecule has 0 aliphatic heterocycles. The fourth-order valence-electron chi connectivity index (χ4n) is 5.80. The quantitative estimate of drug-likeness (QED) is 0.0242. The number of ether oxygens (including phenoxy) is 2. The third-order valence-corrected chi connectivity index (χ3v) is 9.86. The second kappa shape index (κ2) is 28.5. The van der Waals surface area contributed by atoms with Gasteiger partial charge in [-0.1, -0.05) is 103 Å². The summed E-state index contributed by atoms with van der Waals surface area (Å²) in [7, 11) is -4.68. The molecule has 302 valence electrons. The highest BCUT2D eigenvalue weighted by Crippen LogP contribution is 2.43. The first-order chi connectivity index (χ1) is 24.8. The predicted molar refractivity (Wildman–Crippen MR) is 197 cm³/mol. The van der Waals surface area contributed by atoms with E-state index in [0.717, 1.165) is 38.5 Å². The van der Waals surface area contributed by atoms with Crippen LogP contribution in [0.15, 0.2) is 24.3 Å². The molecule has 1 rings (SSSR count). The van der Waals surface area contributed by atoms with E-state index in [-0.39, 0.29) is 31.0 Å². The van der Waals surface area contributed by atoms with Crippen molar-refractivity contribution in [1.29, 1.82) is 0 Å². The number of phosphoric ester groups is 1. The number of carbonyl (C=O) groups is 3. The average molecular weight is 763 g/mol. The molecule has 7 atom stereocenters. The maximum atomic E-state index is 12.6. The molecule has 5 N–H and O–H groups in total. The van der Waals surface area contributed by atoms with E-state index < -0.39 is 76.5 Å². The zero-order valence-corrected chi connectivity index (χ0v) is 32.5. The molecule has 14 heteroatoms. The lowest BCUT2D eigenvalue weighted by Gasteiger charge is -2.20. The van der Waals surface area contributed by atoms with Crippen LogP contribution < -0.4 is 0 Å². The lowest BCUT2D eigenvalue weighted by molar-refractivity contribution is -0.161. The Labute approximate surface area is 310 Å². The topological polar surface area (TPSA) is 206 Å². The van der Waals surface area contributed by atoms with Gasteiger partial charge in [0.05, 0.1) is 32.0 Å². The Kier molecular flexibility index (Phi) is 26.3. The maximum absolute atomic E-state index is 12.6. The molecular formula is C38H67O13P. The lowest BCUT2D eigenvalue weighted by atomic mass is 9.90. The first-order valence-electron chi connectivity index (χ1n) is 19.3. The van der Waals surface area contributed by atoms with Crippen LogP contribution in [0.25, 0.3) is 0 Å². The number of unbranched alkanes of at least 4 members (excludes halogenated alkanes) is 8. The van der Waals surface area contributed by atoms with Gasteiger partial charge in [0.15, 0.2) is 6.10 Å². The van der Waals surface area contributed by atoms with Crippen molar-refractivity contribution in [3.63, 3.8) is 0 Å². The lowest BCUT2D eigenvalue weighted by Crippen LogP contribution is -2.29. The van der Waals surface area contributed by atoms with Gasteiger partial charge in [-0.25, -0.2) is 4.57 Å². The van der Waals surface area contributed by atoms with Crippen molar-refractivity contribution < 1.29 is 62.8 Å². The van der Waals surface area contributed by atoms with Crippen molar-refractivity contribution in [3.05, 3.63) is 24.3 Å².